The van der Waals surface area contributed by atoms with Crippen molar-refractivity contribution < 1.29 is 5.11 Å². The first-order valence-corrected chi connectivity index (χ1v) is 6.75. The first-order chi connectivity index (χ1) is 7.11. The van der Waals surface area contributed by atoms with E-state index >= 15 is 0 Å². The van der Waals surface area contributed by atoms with E-state index in [1.807, 2.05) is 12.1 Å². The second-order valence-electron chi connectivity index (χ2n) is 3.92. The summed E-state index contributed by atoms with van der Waals surface area (Å²) in [6.07, 6.45) is 1.43. The zero-order valence-corrected chi connectivity index (χ0v) is 10.5. The van der Waals surface area contributed by atoms with Crippen LogP contribution in [0.2, 0.25) is 10.0 Å². The third kappa shape index (κ3) is 2.62. The monoisotopic (exact) mass is 262 g/mol. The lowest BCUT2D eigenvalue weighted by molar-refractivity contribution is 0.0687. The highest BCUT2D eigenvalue weighted by atomic mass is 35.5. The van der Waals surface area contributed by atoms with E-state index in [0.29, 0.717) is 16.5 Å². The summed E-state index contributed by atoms with van der Waals surface area (Å²) in [4.78, 5) is 0. The molecule has 1 nitrogen and oxygen atoms in total. The molecule has 1 saturated heterocycles. The second kappa shape index (κ2) is 4.54. The van der Waals surface area contributed by atoms with Crippen LogP contribution in [-0.2, 0) is 6.42 Å². The summed E-state index contributed by atoms with van der Waals surface area (Å²) in [6.45, 7) is 0. The molecule has 15 heavy (non-hydrogen) atoms. The molecular formula is C11H12Cl2OS. The highest BCUT2D eigenvalue weighted by molar-refractivity contribution is 7.99. The lowest BCUT2D eigenvalue weighted by Crippen LogP contribution is -2.30. The lowest BCUT2D eigenvalue weighted by atomic mass is 9.94. The minimum atomic E-state index is -0.598. The topological polar surface area (TPSA) is 20.2 Å². The van der Waals surface area contributed by atoms with Crippen LogP contribution >= 0.6 is 35.0 Å². The Morgan fingerprint density at radius 1 is 1.40 bits per heavy atom. The van der Waals surface area contributed by atoms with Gasteiger partial charge in [-0.1, -0.05) is 35.3 Å². The Morgan fingerprint density at radius 2 is 2.20 bits per heavy atom. The Hall–Kier alpha value is 0.110. The first-order valence-electron chi connectivity index (χ1n) is 4.84. The fraction of sp³-hybridized carbons (Fsp3) is 0.455. The van der Waals surface area contributed by atoms with Crippen molar-refractivity contribution in [3.8, 4) is 0 Å². The van der Waals surface area contributed by atoms with Gasteiger partial charge in [-0.15, -0.1) is 0 Å². The standard InChI is InChI=1S/C11H12Cl2OS/c12-9-3-1-2-8(10(9)13)6-11(14)4-5-15-7-11/h1-3,14H,4-7H2. The van der Waals surface area contributed by atoms with Gasteiger partial charge in [0, 0.05) is 12.2 Å². The summed E-state index contributed by atoms with van der Waals surface area (Å²) in [6, 6.07) is 5.56. The maximum absolute atomic E-state index is 10.2. The van der Waals surface area contributed by atoms with Gasteiger partial charge < -0.3 is 5.11 Å². The molecule has 82 valence electrons. The molecule has 1 aliphatic heterocycles. The lowest BCUT2D eigenvalue weighted by Gasteiger charge is -2.21. The summed E-state index contributed by atoms with van der Waals surface area (Å²) >= 11 is 13.8. The number of halogens is 2. The summed E-state index contributed by atoms with van der Waals surface area (Å²) in [5, 5.41) is 11.4. The van der Waals surface area contributed by atoms with E-state index in [0.717, 1.165) is 23.5 Å². The van der Waals surface area contributed by atoms with Crippen LogP contribution < -0.4 is 0 Å². The molecule has 1 aromatic rings. The van der Waals surface area contributed by atoms with Crippen LogP contribution in [0.5, 0.6) is 0 Å². The van der Waals surface area contributed by atoms with E-state index in [4.69, 9.17) is 23.2 Å². The number of rotatable bonds is 2. The average Bonchev–Trinajstić information content (AvgIpc) is 2.60. The van der Waals surface area contributed by atoms with Gasteiger partial charge in [0.25, 0.3) is 0 Å². The SMILES string of the molecule is OC1(Cc2cccc(Cl)c2Cl)CCSC1. The molecule has 0 aromatic heterocycles. The molecule has 1 N–H and O–H groups in total. The molecule has 1 aromatic carbocycles. The molecule has 0 radical (unpaired) electrons. The minimum absolute atomic E-state index is 0.559. The predicted molar refractivity (Wildman–Crippen MR) is 67.1 cm³/mol. The van der Waals surface area contributed by atoms with Crippen molar-refractivity contribution in [2.75, 3.05) is 11.5 Å². The molecule has 2 rings (SSSR count). The smallest absolute Gasteiger partial charge is 0.0786 e. The van der Waals surface area contributed by atoms with E-state index in [-0.39, 0.29) is 0 Å². The van der Waals surface area contributed by atoms with Crippen molar-refractivity contribution >= 4 is 35.0 Å². The van der Waals surface area contributed by atoms with Gasteiger partial charge in [0.15, 0.2) is 0 Å². The number of hydrogen-bond donors (Lipinski definition) is 1. The molecule has 1 heterocycles. The van der Waals surface area contributed by atoms with Gasteiger partial charge in [0.2, 0.25) is 0 Å². The summed E-state index contributed by atoms with van der Waals surface area (Å²) in [5.41, 5.74) is 0.341. The summed E-state index contributed by atoms with van der Waals surface area (Å²) in [7, 11) is 0. The summed E-state index contributed by atoms with van der Waals surface area (Å²) < 4.78 is 0. The molecule has 0 aliphatic carbocycles. The Morgan fingerprint density at radius 3 is 2.87 bits per heavy atom. The molecule has 0 saturated carbocycles. The molecule has 1 atom stereocenters. The molecule has 1 unspecified atom stereocenters. The minimum Gasteiger partial charge on any atom is -0.389 e. The van der Waals surface area contributed by atoms with Crippen LogP contribution in [0.25, 0.3) is 0 Å². The molecule has 0 bridgehead atoms. The summed E-state index contributed by atoms with van der Waals surface area (Å²) in [5.74, 6) is 1.81. The van der Waals surface area contributed by atoms with Gasteiger partial charge >= 0.3 is 0 Å². The zero-order valence-electron chi connectivity index (χ0n) is 8.17. The number of benzene rings is 1. The average molecular weight is 263 g/mol. The van der Waals surface area contributed by atoms with Crippen LogP contribution in [0.15, 0.2) is 18.2 Å². The van der Waals surface area contributed by atoms with Crippen LogP contribution in [-0.4, -0.2) is 22.2 Å². The molecule has 1 fully saturated rings. The van der Waals surface area contributed by atoms with Crippen LogP contribution in [0.4, 0.5) is 0 Å². The molecule has 0 spiro atoms. The van der Waals surface area contributed by atoms with E-state index in [9.17, 15) is 5.11 Å². The molecule has 4 heteroatoms. The first kappa shape index (κ1) is 11.6. The van der Waals surface area contributed by atoms with Crippen molar-refractivity contribution in [1.29, 1.82) is 0 Å². The Labute approximate surface area is 104 Å². The maximum atomic E-state index is 10.2. The second-order valence-corrected chi connectivity index (χ2v) is 5.81. The van der Waals surface area contributed by atoms with Crippen molar-refractivity contribution in [2.24, 2.45) is 0 Å². The maximum Gasteiger partial charge on any atom is 0.0786 e. The van der Waals surface area contributed by atoms with E-state index in [1.54, 1.807) is 17.8 Å². The largest absolute Gasteiger partial charge is 0.389 e. The van der Waals surface area contributed by atoms with Crippen molar-refractivity contribution in [1.82, 2.24) is 0 Å². The van der Waals surface area contributed by atoms with E-state index in [2.05, 4.69) is 0 Å². The quantitative estimate of drug-likeness (QED) is 0.882. The van der Waals surface area contributed by atoms with Crippen LogP contribution in [0.1, 0.15) is 12.0 Å². The van der Waals surface area contributed by atoms with Gasteiger partial charge in [-0.25, -0.2) is 0 Å². The zero-order chi connectivity index (χ0) is 10.9. The Balaban J connectivity index is 2.20. The van der Waals surface area contributed by atoms with Gasteiger partial charge in [-0.3, -0.25) is 0 Å². The van der Waals surface area contributed by atoms with Gasteiger partial charge in [-0.2, -0.15) is 11.8 Å². The van der Waals surface area contributed by atoms with Crippen molar-refractivity contribution in [2.45, 2.75) is 18.4 Å². The van der Waals surface area contributed by atoms with Crippen molar-refractivity contribution in [3.05, 3.63) is 33.8 Å². The fourth-order valence-electron chi connectivity index (χ4n) is 1.78. The Kier molecular flexibility index (Phi) is 3.51. The van der Waals surface area contributed by atoms with Gasteiger partial charge in [0.1, 0.15) is 0 Å². The van der Waals surface area contributed by atoms with Crippen LogP contribution in [0.3, 0.4) is 0 Å². The highest BCUT2D eigenvalue weighted by Gasteiger charge is 2.32. The number of hydrogen-bond acceptors (Lipinski definition) is 2. The van der Waals surface area contributed by atoms with E-state index < -0.39 is 5.60 Å². The fourth-order valence-corrected chi connectivity index (χ4v) is 3.46. The number of thioether (sulfide) groups is 1. The van der Waals surface area contributed by atoms with Crippen LogP contribution in [0, 0.1) is 0 Å². The Bertz CT molecular complexity index is 362. The van der Waals surface area contributed by atoms with Gasteiger partial charge in [0.05, 0.1) is 15.6 Å². The molecule has 0 amide bonds. The third-order valence-electron chi connectivity index (χ3n) is 2.63. The van der Waals surface area contributed by atoms with E-state index in [1.165, 1.54) is 0 Å². The molecular weight excluding hydrogens is 251 g/mol. The number of aliphatic hydroxyl groups is 1. The normalized spacial score (nSPS) is 25.8. The molecule has 1 aliphatic rings. The third-order valence-corrected chi connectivity index (χ3v) is 4.73. The highest BCUT2D eigenvalue weighted by Crippen LogP contribution is 2.34. The van der Waals surface area contributed by atoms with Crippen molar-refractivity contribution in [3.63, 3.8) is 0 Å². The predicted octanol–water partition coefficient (Wildman–Crippen LogP) is 3.40. The van der Waals surface area contributed by atoms with Gasteiger partial charge in [-0.05, 0) is 23.8 Å².